The molecule has 0 saturated heterocycles. The highest BCUT2D eigenvalue weighted by molar-refractivity contribution is 5.12. The lowest BCUT2D eigenvalue weighted by Crippen LogP contribution is -2.22. The molecule has 0 aromatic heterocycles. The predicted octanol–water partition coefficient (Wildman–Crippen LogP) is 4.31. The van der Waals surface area contributed by atoms with Crippen LogP contribution in [0.1, 0.15) is 57.8 Å². The first kappa shape index (κ1) is 9.00. The maximum absolute atomic E-state index is 2.62. The molecule has 6 rings (SSSR count). The van der Waals surface area contributed by atoms with Crippen LogP contribution < -0.4 is 0 Å². The normalized spacial score (nSPS) is 42.3. The minimum Gasteiger partial charge on any atom is -0.0848 e. The molecule has 0 aromatic carbocycles. The second kappa shape index (κ2) is 3.72. The molecule has 0 spiro atoms. The van der Waals surface area contributed by atoms with Crippen molar-refractivity contribution >= 4 is 0 Å². The molecule has 6 aliphatic carbocycles. The third kappa shape index (κ3) is 1.64. The van der Waals surface area contributed by atoms with E-state index in [0.717, 1.165) is 17.8 Å². The maximum Gasteiger partial charge on any atom is -0.0203 e. The summed E-state index contributed by atoms with van der Waals surface area (Å²) in [4.78, 5) is 0. The summed E-state index contributed by atoms with van der Waals surface area (Å²) in [5.74, 6) is 3.16. The summed E-state index contributed by atoms with van der Waals surface area (Å²) < 4.78 is 0. The fourth-order valence-corrected chi connectivity index (χ4v) is 3.84. The van der Waals surface area contributed by atoms with Crippen LogP contribution in [-0.2, 0) is 0 Å². The molecule has 0 heterocycles. The van der Waals surface area contributed by atoms with Crippen molar-refractivity contribution in [3.05, 3.63) is 11.6 Å². The Balaban J connectivity index is 1.83. The summed E-state index contributed by atoms with van der Waals surface area (Å²) in [6.45, 7) is 0. The van der Waals surface area contributed by atoms with E-state index in [2.05, 4.69) is 6.08 Å². The topological polar surface area (TPSA) is 0 Å². The van der Waals surface area contributed by atoms with Gasteiger partial charge in [-0.25, -0.2) is 0 Å². The summed E-state index contributed by atoms with van der Waals surface area (Å²) in [6.07, 6.45) is 16.2. The summed E-state index contributed by atoms with van der Waals surface area (Å²) in [5, 5.41) is 0. The van der Waals surface area contributed by atoms with E-state index in [1.54, 1.807) is 6.42 Å². The van der Waals surface area contributed by atoms with E-state index < -0.39 is 0 Å². The molecule has 1 atom stereocenters. The van der Waals surface area contributed by atoms with E-state index in [4.69, 9.17) is 0 Å². The van der Waals surface area contributed by atoms with Crippen LogP contribution in [0.3, 0.4) is 0 Å². The van der Waals surface area contributed by atoms with Gasteiger partial charge >= 0.3 is 0 Å². The molecule has 14 heavy (non-hydrogen) atoms. The van der Waals surface area contributed by atoms with E-state index in [1.807, 2.05) is 5.57 Å². The van der Waals surface area contributed by atoms with Gasteiger partial charge in [-0.1, -0.05) is 18.1 Å². The van der Waals surface area contributed by atoms with Crippen molar-refractivity contribution in [2.75, 3.05) is 0 Å². The van der Waals surface area contributed by atoms with Crippen LogP contribution >= 0.6 is 0 Å². The second-order valence-electron chi connectivity index (χ2n) is 5.71. The van der Waals surface area contributed by atoms with Crippen LogP contribution in [0.4, 0.5) is 0 Å². The zero-order valence-corrected chi connectivity index (χ0v) is 9.17. The van der Waals surface area contributed by atoms with Crippen molar-refractivity contribution in [1.82, 2.24) is 0 Å². The predicted molar refractivity (Wildman–Crippen MR) is 60.1 cm³/mol. The molecule has 78 valence electrons. The van der Waals surface area contributed by atoms with E-state index in [0.29, 0.717) is 0 Å². The smallest absolute Gasteiger partial charge is 0.0203 e. The standard InChI is InChI=1S/C14H22/c1-2-12-5-9-14(10-6-12)13-7-3-11(1)4-8-13/h7,11-12,14H,1-6,8-10H2. The molecule has 6 aliphatic rings. The number of rotatable bonds is 0. The largest absolute Gasteiger partial charge is 0.0848 e. The van der Waals surface area contributed by atoms with Crippen LogP contribution in [0, 0.1) is 17.8 Å². The first-order valence-electron chi connectivity index (χ1n) is 6.61. The highest BCUT2D eigenvalue weighted by Crippen LogP contribution is 2.42. The van der Waals surface area contributed by atoms with E-state index in [-0.39, 0.29) is 0 Å². The van der Waals surface area contributed by atoms with Gasteiger partial charge in [0.05, 0.1) is 0 Å². The SMILES string of the molecule is C1=C2CCC(C1)CCC1CCC2CC1. The highest BCUT2D eigenvalue weighted by atomic mass is 14.3. The minimum absolute atomic E-state index is 1.00. The molecule has 0 aliphatic heterocycles. The van der Waals surface area contributed by atoms with Gasteiger partial charge in [-0.3, -0.25) is 0 Å². The maximum atomic E-state index is 2.62. The lowest BCUT2D eigenvalue weighted by atomic mass is 9.70. The first-order valence-corrected chi connectivity index (χ1v) is 6.61. The van der Waals surface area contributed by atoms with Crippen LogP contribution in [0.5, 0.6) is 0 Å². The number of hydrogen-bond donors (Lipinski definition) is 0. The van der Waals surface area contributed by atoms with Gasteiger partial charge in [0.25, 0.3) is 0 Å². The van der Waals surface area contributed by atoms with E-state index >= 15 is 0 Å². The number of allylic oxidation sites excluding steroid dienone is 2. The molecule has 3 fully saturated rings. The van der Waals surface area contributed by atoms with Crippen LogP contribution in [-0.4, -0.2) is 0 Å². The Hall–Kier alpha value is -0.260. The quantitative estimate of drug-likeness (QED) is 0.499. The summed E-state index contributed by atoms with van der Waals surface area (Å²) in [7, 11) is 0. The first-order chi connectivity index (χ1) is 6.92. The zero-order chi connectivity index (χ0) is 9.38. The molecule has 4 bridgehead atoms. The van der Waals surface area contributed by atoms with Gasteiger partial charge in [-0.2, -0.15) is 0 Å². The van der Waals surface area contributed by atoms with Crippen LogP contribution in [0.25, 0.3) is 0 Å². The summed E-state index contributed by atoms with van der Waals surface area (Å²) >= 11 is 0. The molecule has 0 N–H and O–H groups in total. The van der Waals surface area contributed by atoms with E-state index in [1.165, 1.54) is 51.4 Å². The van der Waals surface area contributed by atoms with Crippen LogP contribution in [0.2, 0.25) is 0 Å². The van der Waals surface area contributed by atoms with Gasteiger partial charge < -0.3 is 0 Å². The van der Waals surface area contributed by atoms with Crippen molar-refractivity contribution in [1.29, 1.82) is 0 Å². The van der Waals surface area contributed by atoms with Crippen molar-refractivity contribution in [2.24, 2.45) is 17.8 Å². The fraction of sp³-hybridized carbons (Fsp3) is 0.857. The Bertz CT molecular complexity index is 230. The lowest BCUT2D eigenvalue weighted by Gasteiger charge is -2.36. The Morgan fingerprint density at radius 2 is 1.50 bits per heavy atom. The third-order valence-electron chi connectivity index (χ3n) is 4.91. The van der Waals surface area contributed by atoms with Gasteiger partial charge in [0.2, 0.25) is 0 Å². The molecular formula is C14H22. The average Bonchev–Trinajstić information content (AvgIpc) is 2.30. The van der Waals surface area contributed by atoms with Gasteiger partial charge in [0, 0.05) is 0 Å². The van der Waals surface area contributed by atoms with Gasteiger partial charge in [0.15, 0.2) is 0 Å². The van der Waals surface area contributed by atoms with Crippen LogP contribution in [0.15, 0.2) is 11.6 Å². The molecule has 0 nitrogen and oxygen atoms in total. The van der Waals surface area contributed by atoms with E-state index in [9.17, 15) is 0 Å². The summed E-state index contributed by atoms with van der Waals surface area (Å²) in [5.41, 5.74) is 1.85. The second-order valence-corrected chi connectivity index (χ2v) is 5.71. The lowest BCUT2D eigenvalue weighted by molar-refractivity contribution is 0.239. The number of hydrogen-bond acceptors (Lipinski definition) is 0. The molecule has 0 radical (unpaired) electrons. The molecule has 1 unspecified atom stereocenters. The van der Waals surface area contributed by atoms with Crippen molar-refractivity contribution in [3.63, 3.8) is 0 Å². The van der Waals surface area contributed by atoms with Crippen molar-refractivity contribution < 1.29 is 0 Å². The highest BCUT2D eigenvalue weighted by Gasteiger charge is 2.28. The summed E-state index contributed by atoms with van der Waals surface area (Å²) in [6, 6.07) is 0. The van der Waals surface area contributed by atoms with Gasteiger partial charge in [0.1, 0.15) is 0 Å². The third-order valence-corrected chi connectivity index (χ3v) is 4.91. The monoisotopic (exact) mass is 190 g/mol. The fourth-order valence-electron chi connectivity index (χ4n) is 3.84. The van der Waals surface area contributed by atoms with Crippen molar-refractivity contribution in [2.45, 2.75) is 57.8 Å². The van der Waals surface area contributed by atoms with Crippen molar-refractivity contribution in [3.8, 4) is 0 Å². The zero-order valence-electron chi connectivity index (χ0n) is 9.17. The Morgan fingerprint density at radius 1 is 0.786 bits per heavy atom. The molecule has 0 aromatic rings. The Morgan fingerprint density at radius 3 is 2.21 bits per heavy atom. The molecule has 0 heteroatoms. The molecular weight excluding hydrogens is 168 g/mol. The van der Waals surface area contributed by atoms with Gasteiger partial charge in [-0.15, -0.1) is 0 Å². The molecule has 0 amide bonds. The average molecular weight is 190 g/mol. The Labute approximate surface area is 87.8 Å². The minimum atomic E-state index is 1.00. The Kier molecular flexibility index (Phi) is 2.39. The molecule has 3 saturated carbocycles. The van der Waals surface area contributed by atoms with Gasteiger partial charge in [-0.05, 0) is 69.1 Å².